The molecule has 1 heterocycles. The van der Waals surface area contributed by atoms with E-state index < -0.39 is 0 Å². The Morgan fingerprint density at radius 2 is 1.95 bits per heavy atom. The topological polar surface area (TPSA) is 41.1 Å². The molecule has 106 valence electrons. The van der Waals surface area contributed by atoms with Gasteiger partial charge in [0.15, 0.2) is 0 Å². The van der Waals surface area contributed by atoms with E-state index in [-0.39, 0.29) is 5.54 Å². The van der Waals surface area contributed by atoms with Crippen LogP contribution in [0.15, 0.2) is 0 Å². The summed E-state index contributed by atoms with van der Waals surface area (Å²) in [6.45, 7) is 7.17. The molecule has 0 bridgehead atoms. The minimum atomic E-state index is 0.0591. The fraction of sp³-hybridized carbons (Fsp3) is 0.714. The van der Waals surface area contributed by atoms with Gasteiger partial charge in [0.25, 0.3) is 0 Å². The number of hydrogen-bond donors (Lipinski definition) is 1. The van der Waals surface area contributed by atoms with Gasteiger partial charge in [-0.1, -0.05) is 11.6 Å². The Morgan fingerprint density at radius 3 is 2.47 bits per heavy atom. The quantitative estimate of drug-likeness (QED) is 0.843. The fourth-order valence-corrected chi connectivity index (χ4v) is 1.84. The summed E-state index contributed by atoms with van der Waals surface area (Å²) >= 11 is 6.20. The molecular weight excluding hydrogens is 260 g/mol. The molecule has 1 fully saturated rings. The molecule has 1 N–H and O–H groups in total. The molecule has 0 amide bonds. The summed E-state index contributed by atoms with van der Waals surface area (Å²) in [7, 11) is 4.16. The SMILES string of the molecule is Cc1c(Cl)nc(C2CC2)nc1NCC(C)(C)N(C)C. The second-order valence-corrected chi connectivity index (χ2v) is 6.54. The van der Waals surface area contributed by atoms with E-state index in [1.807, 2.05) is 6.92 Å². The molecule has 1 saturated carbocycles. The maximum atomic E-state index is 6.20. The largest absolute Gasteiger partial charge is 0.368 e. The second-order valence-electron chi connectivity index (χ2n) is 6.18. The van der Waals surface area contributed by atoms with Crippen LogP contribution in [0.1, 0.15) is 44.0 Å². The van der Waals surface area contributed by atoms with Crippen LogP contribution in [0.2, 0.25) is 5.15 Å². The van der Waals surface area contributed by atoms with Gasteiger partial charge >= 0.3 is 0 Å². The molecule has 0 radical (unpaired) electrons. The predicted octanol–water partition coefficient (Wildman–Crippen LogP) is 3.07. The first kappa shape index (κ1) is 14.5. The van der Waals surface area contributed by atoms with Gasteiger partial charge < -0.3 is 10.2 Å². The van der Waals surface area contributed by atoms with Crippen LogP contribution in [0, 0.1) is 6.92 Å². The van der Waals surface area contributed by atoms with Crippen molar-refractivity contribution in [3.8, 4) is 0 Å². The number of nitrogens with one attached hydrogen (secondary N) is 1. The summed E-state index contributed by atoms with van der Waals surface area (Å²) in [5.41, 5.74) is 0.990. The monoisotopic (exact) mass is 282 g/mol. The summed E-state index contributed by atoms with van der Waals surface area (Å²) < 4.78 is 0. The molecule has 0 aliphatic heterocycles. The molecule has 2 rings (SSSR count). The summed E-state index contributed by atoms with van der Waals surface area (Å²) in [6.07, 6.45) is 2.37. The van der Waals surface area contributed by atoms with Crippen LogP contribution < -0.4 is 5.32 Å². The highest BCUT2D eigenvalue weighted by molar-refractivity contribution is 6.30. The van der Waals surface area contributed by atoms with E-state index in [0.717, 1.165) is 23.8 Å². The number of aromatic nitrogens is 2. The Hall–Kier alpha value is -0.870. The molecule has 1 aromatic rings. The van der Waals surface area contributed by atoms with Gasteiger partial charge in [0.1, 0.15) is 16.8 Å². The Morgan fingerprint density at radius 1 is 1.32 bits per heavy atom. The molecule has 0 spiro atoms. The fourth-order valence-electron chi connectivity index (χ4n) is 1.66. The maximum Gasteiger partial charge on any atom is 0.137 e. The van der Waals surface area contributed by atoms with E-state index in [4.69, 9.17) is 11.6 Å². The normalized spacial score (nSPS) is 15.9. The molecule has 4 nitrogen and oxygen atoms in total. The van der Waals surface area contributed by atoms with Crippen LogP contribution in [-0.4, -0.2) is 41.0 Å². The zero-order chi connectivity index (χ0) is 14.2. The molecule has 5 heteroatoms. The van der Waals surface area contributed by atoms with Crippen molar-refractivity contribution in [2.24, 2.45) is 0 Å². The third-order valence-electron chi connectivity index (χ3n) is 3.95. The Labute approximate surface area is 120 Å². The lowest BCUT2D eigenvalue weighted by atomic mass is 10.0. The molecule has 0 aromatic carbocycles. The zero-order valence-electron chi connectivity index (χ0n) is 12.4. The second kappa shape index (κ2) is 5.25. The van der Waals surface area contributed by atoms with Crippen molar-refractivity contribution in [2.75, 3.05) is 26.0 Å². The van der Waals surface area contributed by atoms with Gasteiger partial charge in [-0.3, -0.25) is 0 Å². The van der Waals surface area contributed by atoms with Crippen LogP contribution in [0.25, 0.3) is 0 Å². The van der Waals surface area contributed by atoms with E-state index >= 15 is 0 Å². The standard InChI is InChI=1S/C14H23ClN4/c1-9-11(15)17-13(10-6-7-10)18-12(9)16-8-14(2,3)19(4)5/h10H,6-8H2,1-5H3,(H,16,17,18). The van der Waals surface area contributed by atoms with Crippen molar-refractivity contribution in [1.82, 2.24) is 14.9 Å². The predicted molar refractivity (Wildman–Crippen MR) is 80.0 cm³/mol. The molecule has 1 aliphatic rings. The van der Waals surface area contributed by atoms with Gasteiger partial charge in [0.2, 0.25) is 0 Å². The van der Waals surface area contributed by atoms with Crippen molar-refractivity contribution in [2.45, 2.75) is 45.1 Å². The molecule has 0 saturated heterocycles. The van der Waals surface area contributed by atoms with Crippen LogP contribution in [-0.2, 0) is 0 Å². The van der Waals surface area contributed by atoms with E-state index in [1.165, 1.54) is 12.8 Å². The summed E-state index contributed by atoms with van der Waals surface area (Å²) in [4.78, 5) is 11.2. The third kappa shape index (κ3) is 3.37. The number of hydrogen-bond acceptors (Lipinski definition) is 4. The highest BCUT2D eigenvalue weighted by Gasteiger charge is 2.28. The van der Waals surface area contributed by atoms with Crippen molar-refractivity contribution in [3.05, 3.63) is 16.5 Å². The number of rotatable bonds is 5. The van der Waals surface area contributed by atoms with Crippen molar-refractivity contribution < 1.29 is 0 Å². The molecule has 1 aromatic heterocycles. The van der Waals surface area contributed by atoms with Gasteiger partial charge in [0, 0.05) is 23.6 Å². The Bertz CT molecular complexity index is 467. The van der Waals surface area contributed by atoms with E-state index in [1.54, 1.807) is 0 Å². The van der Waals surface area contributed by atoms with E-state index in [0.29, 0.717) is 11.1 Å². The molecule has 0 unspecified atom stereocenters. The zero-order valence-corrected chi connectivity index (χ0v) is 13.2. The van der Waals surface area contributed by atoms with Gasteiger partial charge in [-0.05, 0) is 47.7 Å². The minimum Gasteiger partial charge on any atom is -0.368 e. The smallest absolute Gasteiger partial charge is 0.137 e. The summed E-state index contributed by atoms with van der Waals surface area (Å²) in [6, 6.07) is 0. The van der Waals surface area contributed by atoms with Crippen molar-refractivity contribution in [3.63, 3.8) is 0 Å². The molecule has 1 aliphatic carbocycles. The van der Waals surface area contributed by atoms with Gasteiger partial charge in [-0.15, -0.1) is 0 Å². The summed E-state index contributed by atoms with van der Waals surface area (Å²) in [5.74, 6) is 2.28. The van der Waals surface area contributed by atoms with Crippen LogP contribution >= 0.6 is 11.6 Å². The van der Waals surface area contributed by atoms with Crippen molar-refractivity contribution >= 4 is 17.4 Å². The maximum absolute atomic E-state index is 6.20. The highest BCUT2D eigenvalue weighted by atomic mass is 35.5. The highest BCUT2D eigenvalue weighted by Crippen LogP contribution is 2.39. The molecule has 0 atom stereocenters. The number of anilines is 1. The lowest BCUT2D eigenvalue weighted by molar-refractivity contribution is 0.210. The Kier molecular flexibility index (Phi) is 4.02. The lowest BCUT2D eigenvalue weighted by Gasteiger charge is -2.33. The molecular formula is C14H23ClN4. The average Bonchev–Trinajstić information content (AvgIpc) is 3.14. The average molecular weight is 283 g/mol. The first-order valence-corrected chi connectivity index (χ1v) is 7.14. The number of halogens is 1. The number of likely N-dealkylation sites (N-methyl/N-ethyl adjacent to an activating group) is 1. The first-order valence-electron chi connectivity index (χ1n) is 6.76. The van der Waals surface area contributed by atoms with Gasteiger partial charge in [-0.25, -0.2) is 9.97 Å². The number of nitrogens with zero attached hydrogens (tertiary/aromatic N) is 3. The van der Waals surface area contributed by atoms with E-state index in [2.05, 4.69) is 48.1 Å². The molecule has 19 heavy (non-hydrogen) atoms. The van der Waals surface area contributed by atoms with Gasteiger partial charge in [0.05, 0.1) is 0 Å². The van der Waals surface area contributed by atoms with Crippen LogP contribution in [0.3, 0.4) is 0 Å². The van der Waals surface area contributed by atoms with Crippen LogP contribution in [0.4, 0.5) is 5.82 Å². The third-order valence-corrected chi connectivity index (χ3v) is 4.31. The van der Waals surface area contributed by atoms with Crippen molar-refractivity contribution in [1.29, 1.82) is 0 Å². The summed E-state index contributed by atoms with van der Waals surface area (Å²) in [5, 5.41) is 3.99. The first-order chi connectivity index (χ1) is 8.81. The minimum absolute atomic E-state index is 0.0591. The lowest BCUT2D eigenvalue weighted by Crippen LogP contribution is -2.44. The Balaban J connectivity index is 2.15. The van der Waals surface area contributed by atoms with Gasteiger partial charge in [-0.2, -0.15) is 0 Å². The van der Waals surface area contributed by atoms with E-state index in [9.17, 15) is 0 Å². The van der Waals surface area contributed by atoms with Crippen LogP contribution in [0.5, 0.6) is 0 Å².